The van der Waals surface area contributed by atoms with Gasteiger partial charge >= 0.3 is 6.18 Å². The maximum Gasteiger partial charge on any atom is 0.416 e. The quantitative estimate of drug-likeness (QED) is 0.429. The molecule has 6 nitrogen and oxygen atoms in total. The summed E-state index contributed by atoms with van der Waals surface area (Å²) in [6.45, 7) is 3.70. The summed E-state index contributed by atoms with van der Waals surface area (Å²) >= 11 is 0. The molecule has 0 aliphatic rings. The number of unbranched alkanes of at least 4 members (excludes halogenated alkanes) is 1. The maximum atomic E-state index is 13.4. The van der Waals surface area contributed by atoms with Crippen LogP contribution in [0.25, 0.3) is 11.0 Å². The topological polar surface area (TPSA) is 83.3 Å². The lowest BCUT2D eigenvalue weighted by Crippen LogP contribution is -2.35. The lowest BCUT2D eigenvalue weighted by Gasteiger charge is -2.16. The molecule has 2 N–H and O–H groups in total. The first-order chi connectivity index (χ1) is 12.0. The summed E-state index contributed by atoms with van der Waals surface area (Å²) in [6.07, 6.45) is -4.56. The number of rotatable bonds is 7. The Kier molecular flexibility index (Phi) is 5.99. The second-order valence-corrected chi connectivity index (χ2v) is 7.72. The molecular weight excluding hydrogens is 373 g/mol. The lowest BCUT2D eigenvalue weighted by molar-refractivity contribution is -0.677. The van der Waals surface area contributed by atoms with Crippen LogP contribution in [0.2, 0.25) is 0 Å². The van der Waals surface area contributed by atoms with Gasteiger partial charge in [0.25, 0.3) is 15.9 Å². The third-order valence-corrected chi connectivity index (χ3v) is 5.13. The van der Waals surface area contributed by atoms with E-state index in [9.17, 15) is 21.6 Å². The number of aromatic nitrogens is 2. The van der Waals surface area contributed by atoms with Gasteiger partial charge in [-0.15, -0.1) is 0 Å². The average Bonchev–Trinajstić information content (AvgIpc) is 2.83. The van der Waals surface area contributed by atoms with Gasteiger partial charge in [0.15, 0.2) is 11.0 Å². The van der Waals surface area contributed by atoms with Crippen LogP contribution in [0.5, 0.6) is 0 Å². The molecule has 0 saturated heterocycles. The van der Waals surface area contributed by atoms with Crippen molar-refractivity contribution >= 4 is 21.2 Å². The van der Waals surface area contributed by atoms with Crippen molar-refractivity contribution in [2.24, 2.45) is 0 Å². The third-order valence-electron chi connectivity index (χ3n) is 4.32. The van der Waals surface area contributed by atoms with Gasteiger partial charge in [0.05, 0.1) is 24.0 Å². The molecule has 0 fully saturated rings. The Hall–Kier alpha value is -1.65. The molecule has 10 heteroatoms. The lowest BCUT2D eigenvalue weighted by atomic mass is 10.0. The summed E-state index contributed by atoms with van der Waals surface area (Å²) in [4.78, 5) is 3.00. The Labute approximate surface area is 149 Å². The first-order valence-electron chi connectivity index (χ1n) is 8.06. The molecule has 1 heterocycles. The summed E-state index contributed by atoms with van der Waals surface area (Å²) in [5.41, 5.74) is 0.221. The SMILES string of the molecule is COC(C)c1c(C(F)(F)F)ccc2c1[nH]c(C)[n+]2CCCCS(=O)(=O)O. The molecule has 1 aromatic carbocycles. The largest absolute Gasteiger partial charge is 0.416 e. The molecule has 0 bridgehead atoms. The van der Waals surface area contributed by atoms with E-state index in [2.05, 4.69) is 4.98 Å². The van der Waals surface area contributed by atoms with Crippen molar-refractivity contribution in [3.8, 4) is 0 Å². The fourth-order valence-electron chi connectivity index (χ4n) is 3.02. The maximum absolute atomic E-state index is 13.4. The Balaban J connectivity index is 2.44. The van der Waals surface area contributed by atoms with Gasteiger partial charge in [-0.1, -0.05) is 0 Å². The highest BCUT2D eigenvalue weighted by molar-refractivity contribution is 7.85. The number of ether oxygens (including phenoxy) is 1. The van der Waals surface area contributed by atoms with E-state index >= 15 is 0 Å². The Morgan fingerprint density at radius 2 is 1.96 bits per heavy atom. The fraction of sp³-hybridized carbons (Fsp3) is 0.562. The highest BCUT2D eigenvalue weighted by Crippen LogP contribution is 2.38. The Bertz CT molecular complexity index is 891. The van der Waals surface area contributed by atoms with Crippen LogP contribution in [0, 0.1) is 6.92 Å². The minimum absolute atomic E-state index is 0.0392. The number of methoxy groups -OCH3 is 1. The van der Waals surface area contributed by atoms with Crippen LogP contribution < -0.4 is 4.57 Å². The number of benzene rings is 1. The number of halogens is 3. The first kappa shape index (κ1) is 20.7. The van der Waals surface area contributed by atoms with Crippen molar-refractivity contribution in [3.63, 3.8) is 0 Å². The van der Waals surface area contributed by atoms with Gasteiger partial charge in [-0.25, -0.2) is 9.55 Å². The van der Waals surface area contributed by atoms with Crippen LogP contribution in [0.4, 0.5) is 13.2 Å². The van der Waals surface area contributed by atoms with E-state index < -0.39 is 28.0 Å². The minimum atomic E-state index is -4.50. The van der Waals surface area contributed by atoms with Crippen LogP contribution in [0.15, 0.2) is 12.1 Å². The van der Waals surface area contributed by atoms with E-state index in [0.717, 1.165) is 6.07 Å². The molecule has 2 aromatic rings. The molecule has 0 radical (unpaired) electrons. The summed E-state index contributed by atoms with van der Waals surface area (Å²) in [6, 6.07) is 2.44. The molecule has 1 unspecified atom stereocenters. The monoisotopic (exact) mass is 395 g/mol. The molecule has 26 heavy (non-hydrogen) atoms. The molecule has 0 saturated carbocycles. The van der Waals surface area contributed by atoms with Crippen molar-refractivity contribution in [2.75, 3.05) is 12.9 Å². The summed E-state index contributed by atoms with van der Waals surface area (Å²) in [7, 11) is -2.67. The zero-order chi connectivity index (χ0) is 19.7. The zero-order valence-electron chi connectivity index (χ0n) is 14.7. The Morgan fingerprint density at radius 3 is 2.50 bits per heavy atom. The molecule has 1 atom stereocenters. The van der Waals surface area contributed by atoms with Crippen LogP contribution in [-0.2, 0) is 27.6 Å². The van der Waals surface area contributed by atoms with Gasteiger partial charge in [-0.3, -0.25) is 4.55 Å². The number of fused-ring (bicyclic) bond motifs is 1. The Morgan fingerprint density at radius 1 is 1.31 bits per heavy atom. The predicted octanol–water partition coefficient (Wildman–Crippen LogP) is 3.16. The van der Waals surface area contributed by atoms with E-state index in [1.165, 1.54) is 13.2 Å². The van der Waals surface area contributed by atoms with E-state index in [1.807, 2.05) is 0 Å². The number of H-pyrrole nitrogens is 1. The van der Waals surface area contributed by atoms with Gasteiger partial charge in [0.1, 0.15) is 0 Å². The van der Waals surface area contributed by atoms with Crippen molar-refractivity contribution in [3.05, 3.63) is 29.1 Å². The molecule has 146 valence electrons. The van der Waals surface area contributed by atoms with Crippen LogP contribution in [0.3, 0.4) is 0 Å². The third kappa shape index (κ3) is 4.54. The van der Waals surface area contributed by atoms with Gasteiger partial charge in [0.2, 0.25) is 0 Å². The van der Waals surface area contributed by atoms with Gasteiger partial charge < -0.3 is 4.74 Å². The molecule has 0 amide bonds. The number of nitrogens with zero attached hydrogens (tertiary/aromatic N) is 1. The second kappa shape index (κ2) is 7.53. The molecule has 0 aliphatic carbocycles. The molecule has 0 aliphatic heterocycles. The molecule has 2 rings (SSSR count). The number of hydrogen-bond donors (Lipinski definition) is 2. The number of nitrogens with one attached hydrogen (secondary N) is 1. The molecule has 1 aromatic heterocycles. The summed E-state index contributed by atoms with van der Waals surface area (Å²) < 4.78 is 77.4. The van der Waals surface area contributed by atoms with Gasteiger partial charge in [0, 0.05) is 19.6 Å². The highest BCUT2D eigenvalue weighted by atomic mass is 32.2. The zero-order valence-corrected chi connectivity index (χ0v) is 15.5. The number of aryl methyl sites for hydroxylation is 2. The number of aromatic amines is 1. The first-order valence-corrected chi connectivity index (χ1v) is 9.66. The van der Waals surface area contributed by atoms with E-state index in [-0.39, 0.29) is 17.7 Å². The summed E-state index contributed by atoms with van der Waals surface area (Å²) in [5, 5.41) is 0. The molecular formula is C16H22F3N2O4S+. The highest BCUT2D eigenvalue weighted by Gasteiger charge is 2.37. The van der Waals surface area contributed by atoms with Gasteiger partial charge in [-0.05, 0) is 31.9 Å². The number of alkyl halides is 3. The van der Waals surface area contributed by atoms with Crippen molar-refractivity contribution < 1.29 is 35.4 Å². The van der Waals surface area contributed by atoms with Crippen LogP contribution in [0.1, 0.15) is 42.8 Å². The van der Waals surface area contributed by atoms with Crippen molar-refractivity contribution in [1.29, 1.82) is 0 Å². The van der Waals surface area contributed by atoms with E-state index in [0.29, 0.717) is 29.8 Å². The fourth-order valence-corrected chi connectivity index (χ4v) is 3.59. The standard InChI is InChI=1S/C16H21F3N2O4S/c1-10(25-3)14-12(16(17,18)19)6-7-13-15(14)20-11(2)21(13)8-4-5-9-26(22,23)24/h6-7,10H,4-5,8-9H2,1-3H3,(H,22,23,24)/p+1. The van der Waals surface area contributed by atoms with E-state index in [4.69, 9.17) is 9.29 Å². The predicted molar refractivity (Wildman–Crippen MR) is 89.3 cm³/mol. The van der Waals surface area contributed by atoms with Crippen molar-refractivity contribution in [2.45, 2.75) is 45.5 Å². The number of hydrogen-bond acceptors (Lipinski definition) is 3. The summed E-state index contributed by atoms with van der Waals surface area (Å²) in [5.74, 6) is 0.301. The van der Waals surface area contributed by atoms with Crippen LogP contribution in [-0.4, -0.2) is 30.8 Å². The van der Waals surface area contributed by atoms with Crippen LogP contribution >= 0.6 is 0 Å². The average molecular weight is 395 g/mol. The van der Waals surface area contributed by atoms with Crippen molar-refractivity contribution in [1.82, 2.24) is 4.98 Å². The second-order valence-electron chi connectivity index (χ2n) is 6.15. The number of imidazole rings is 1. The minimum Gasteiger partial charge on any atom is -0.377 e. The molecule has 0 spiro atoms. The van der Waals surface area contributed by atoms with E-state index in [1.54, 1.807) is 18.4 Å². The normalized spacial score (nSPS) is 14.1. The smallest absolute Gasteiger partial charge is 0.377 e. The van der Waals surface area contributed by atoms with Gasteiger partial charge in [-0.2, -0.15) is 21.6 Å².